The molecule has 24 heavy (non-hydrogen) atoms. The highest BCUT2D eigenvalue weighted by molar-refractivity contribution is 7.91. The summed E-state index contributed by atoms with van der Waals surface area (Å²) in [5.74, 6) is 2.45. The largest absolute Gasteiger partial charge is 0.366 e. The molecule has 0 spiro atoms. The Labute approximate surface area is 142 Å². The highest BCUT2D eigenvalue weighted by atomic mass is 32.2. The van der Waals surface area contributed by atoms with Gasteiger partial charge < -0.3 is 10.6 Å². The van der Waals surface area contributed by atoms with Gasteiger partial charge in [0.25, 0.3) is 0 Å². The van der Waals surface area contributed by atoms with Gasteiger partial charge in [0.05, 0.1) is 11.5 Å². The first-order valence-corrected chi connectivity index (χ1v) is 9.84. The molecule has 1 unspecified atom stereocenters. The van der Waals surface area contributed by atoms with Crippen LogP contribution in [0, 0.1) is 13.8 Å². The van der Waals surface area contributed by atoms with Crippen molar-refractivity contribution in [3.8, 4) is 0 Å². The van der Waals surface area contributed by atoms with Gasteiger partial charge in [-0.1, -0.05) is 29.8 Å². The number of benzene rings is 1. The highest BCUT2D eigenvalue weighted by Crippen LogP contribution is 2.18. The lowest BCUT2D eigenvalue weighted by Gasteiger charge is -2.14. The number of nitrogens with zero attached hydrogens (tertiary/aromatic N) is 2. The molecule has 1 aliphatic heterocycles. The number of aryl methyl sites for hydroxylation is 2. The topological polar surface area (TPSA) is 84.0 Å². The second-order valence-electron chi connectivity index (χ2n) is 6.27. The van der Waals surface area contributed by atoms with Gasteiger partial charge in [-0.15, -0.1) is 0 Å². The normalized spacial score (nSPS) is 19.2. The predicted octanol–water partition coefficient (Wildman–Crippen LogP) is 2.30. The SMILES string of the molecule is Cc1ccc(CNc2cc(NC3CCS(=O)(=O)C3)nc(C)n2)cc1. The molecule has 1 fully saturated rings. The van der Waals surface area contributed by atoms with Crippen molar-refractivity contribution in [1.29, 1.82) is 0 Å². The van der Waals surface area contributed by atoms with E-state index in [-0.39, 0.29) is 17.5 Å². The Morgan fingerprint density at radius 1 is 1.12 bits per heavy atom. The minimum Gasteiger partial charge on any atom is -0.366 e. The van der Waals surface area contributed by atoms with E-state index in [0.29, 0.717) is 24.6 Å². The Bertz CT molecular complexity index is 819. The van der Waals surface area contributed by atoms with Crippen molar-refractivity contribution in [3.63, 3.8) is 0 Å². The molecule has 6 nitrogen and oxygen atoms in total. The van der Waals surface area contributed by atoms with Gasteiger partial charge in [-0.3, -0.25) is 0 Å². The molecule has 3 rings (SSSR count). The molecule has 1 aliphatic rings. The maximum atomic E-state index is 11.6. The first kappa shape index (κ1) is 16.7. The number of sulfone groups is 1. The summed E-state index contributed by atoms with van der Waals surface area (Å²) in [6.45, 7) is 4.56. The maximum absolute atomic E-state index is 11.6. The monoisotopic (exact) mass is 346 g/mol. The van der Waals surface area contributed by atoms with Gasteiger partial charge >= 0.3 is 0 Å². The van der Waals surface area contributed by atoms with Crippen LogP contribution in [-0.4, -0.2) is 35.9 Å². The fourth-order valence-electron chi connectivity index (χ4n) is 2.75. The first-order valence-electron chi connectivity index (χ1n) is 8.02. The standard InChI is InChI=1S/C17H22N4O2S/c1-12-3-5-14(6-4-12)10-18-16-9-17(20-13(2)19-16)21-15-7-8-24(22,23)11-15/h3-6,9,15H,7-8,10-11H2,1-2H3,(H2,18,19,20,21). The summed E-state index contributed by atoms with van der Waals surface area (Å²) in [4.78, 5) is 8.74. The third-order valence-electron chi connectivity index (χ3n) is 4.02. The molecule has 0 amide bonds. The van der Waals surface area contributed by atoms with Crippen molar-refractivity contribution in [3.05, 3.63) is 47.3 Å². The van der Waals surface area contributed by atoms with Crippen LogP contribution in [-0.2, 0) is 16.4 Å². The van der Waals surface area contributed by atoms with E-state index < -0.39 is 9.84 Å². The number of aromatic nitrogens is 2. The number of nitrogens with one attached hydrogen (secondary N) is 2. The molecule has 2 heterocycles. The second kappa shape index (κ2) is 6.76. The molecule has 0 saturated carbocycles. The summed E-state index contributed by atoms with van der Waals surface area (Å²) in [5, 5.41) is 6.51. The number of rotatable bonds is 5. The summed E-state index contributed by atoms with van der Waals surface area (Å²) in [6, 6.07) is 10.1. The van der Waals surface area contributed by atoms with Gasteiger partial charge in [0.1, 0.15) is 17.5 Å². The van der Waals surface area contributed by atoms with E-state index >= 15 is 0 Å². The van der Waals surface area contributed by atoms with E-state index in [2.05, 4.69) is 51.8 Å². The summed E-state index contributed by atoms with van der Waals surface area (Å²) >= 11 is 0. The quantitative estimate of drug-likeness (QED) is 0.864. The van der Waals surface area contributed by atoms with Crippen molar-refractivity contribution in [2.24, 2.45) is 0 Å². The summed E-state index contributed by atoms with van der Waals surface area (Å²) in [7, 11) is -2.91. The number of hydrogen-bond acceptors (Lipinski definition) is 6. The zero-order chi connectivity index (χ0) is 17.2. The van der Waals surface area contributed by atoms with Crippen LogP contribution in [0.4, 0.5) is 11.6 Å². The second-order valence-corrected chi connectivity index (χ2v) is 8.50. The lowest BCUT2D eigenvalue weighted by molar-refractivity contribution is 0.602. The van der Waals surface area contributed by atoms with Crippen LogP contribution in [0.25, 0.3) is 0 Å². The minimum absolute atomic E-state index is 0.0748. The Morgan fingerprint density at radius 3 is 2.50 bits per heavy atom. The van der Waals surface area contributed by atoms with Crippen molar-refractivity contribution in [2.45, 2.75) is 32.9 Å². The molecule has 1 atom stereocenters. The molecule has 7 heteroatoms. The molecule has 0 aliphatic carbocycles. The molecular formula is C17H22N4O2S. The van der Waals surface area contributed by atoms with Crippen molar-refractivity contribution in [1.82, 2.24) is 9.97 Å². The van der Waals surface area contributed by atoms with Gasteiger partial charge in [-0.05, 0) is 25.8 Å². The third-order valence-corrected chi connectivity index (χ3v) is 5.78. The fraction of sp³-hybridized carbons (Fsp3) is 0.412. The molecule has 1 aromatic carbocycles. The molecule has 1 saturated heterocycles. The van der Waals surface area contributed by atoms with Crippen LogP contribution in [0.15, 0.2) is 30.3 Å². The van der Waals surface area contributed by atoms with E-state index in [1.54, 1.807) is 0 Å². The smallest absolute Gasteiger partial charge is 0.152 e. The molecule has 1 aromatic heterocycles. The Hall–Kier alpha value is -2.15. The van der Waals surface area contributed by atoms with Crippen LogP contribution in [0.3, 0.4) is 0 Å². The van der Waals surface area contributed by atoms with Gasteiger partial charge in [-0.2, -0.15) is 0 Å². The highest BCUT2D eigenvalue weighted by Gasteiger charge is 2.28. The van der Waals surface area contributed by atoms with Gasteiger partial charge in [0.15, 0.2) is 9.84 Å². The van der Waals surface area contributed by atoms with Gasteiger partial charge in [-0.25, -0.2) is 18.4 Å². The van der Waals surface area contributed by atoms with Crippen LogP contribution < -0.4 is 10.6 Å². The fourth-order valence-corrected chi connectivity index (χ4v) is 4.42. The van der Waals surface area contributed by atoms with Gasteiger partial charge in [0.2, 0.25) is 0 Å². The van der Waals surface area contributed by atoms with Crippen molar-refractivity contribution in [2.75, 3.05) is 22.1 Å². The van der Waals surface area contributed by atoms with E-state index in [0.717, 1.165) is 5.82 Å². The van der Waals surface area contributed by atoms with Crippen LogP contribution in [0.2, 0.25) is 0 Å². The molecule has 0 radical (unpaired) electrons. The molecule has 2 N–H and O–H groups in total. The number of anilines is 2. The molecule has 2 aromatic rings. The zero-order valence-electron chi connectivity index (χ0n) is 13.9. The first-order chi connectivity index (χ1) is 11.4. The summed E-state index contributed by atoms with van der Waals surface area (Å²) < 4.78 is 23.1. The third kappa shape index (κ3) is 4.44. The van der Waals surface area contributed by atoms with E-state index in [1.165, 1.54) is 11.1 Å². The summed E-state index contributed by atoms with van der Waals surface area (Å²) in [6.07, 6.45) is 0.623. The van der Waals surface area contributed by atoms with Crippen molar-refractivity contribution < 1.29 is 8.42 Å². The van der Waals surface area contributed by atoms with Crippen LogP contribution >= 0.6 is 0 Å². The van der Waals surface area contributed by atoms with Crippen molar-refractivity contribution >= 4 is 21.5 Å². The van der Waals surface area contributed by atoms with Gasteiger partial charge in [0, 0.05) is 18.7 Å². The average Bonchev–Trinajstić information content (AvgIpc) is 2.85. The van der Waals surface area contributed by atoms with E-state index in [9.17, 15) is 8.42 Å². The zero-order valence-corrected chi connectivity index (χ0v) is 14.7. The van der Waals surface area contributed by atoms with Crippen LogP contribution in [0.5, 0.6) is 0 Å². The molecule has 0 bridgehead atoms. The lowest BCUT2D eigenvalue weighted by atomic mass is 10.1. The Kier molecular flexibility index (Phi) is 4.71. The van der Waals surface area contributed by atoms with Crippen LogP contribution in [0.1, 0.15) is 23.4 Å². The lowest BCUT2D eigenvalue weighted by Crippen LogP contribution is -2.21. The van der Waals surface area contributed by atoms with E-state index in [1.807, 2.05) is 13.0 Å². The summed E-state index contributed by atoms with van der Waals surface area (Å²) in [5.41, 5.74) is 2.41. The minimum atomic E-state index is -2.91. The molecular weight excluding hydrogens is 324 g/mol. The molecule has 128 valence electrons. The maximum Gasteiger partial charge on any atom is 0.152 e. The average molecular weight is 346 g/mol. The Balaban J connectivity index is 1.66. The Morgan fingerprint density at radius 2 is 1.83 bits per heavy atom. The van der Waals surface area contributed by atoms with E-state index in [4.69, 9.17) is 0 Å². The predicted molar refractivity (Wildman–Crippen MR) is 96.0 cm³/mol. The number of hydrogen-bond donors (Lipinski definition) is 2.